The predicted octanol–water partition coefficient (Wildman–Crippen LogP) is 8.06. The standard InChI is InChI=1S/C29H16ClN3O/c30-29-32-27(19-15-14-18-13-12-17-6-1-2-7-20(17)23(18)16-19)31-28(33-29)22-9-5-11-25-26(22)21-8-3-4-10-24(21)34-25/h1-16H. The van der Waals surface area contributed by atoms with E-state index in [1.54, 1.807) is 0 Å². The first-order valence-electron chi connectivity index (χ1n) is 11.0. The largest absolute Gasteiger partial charge is 0.456 e. The number of nitrogens with zero attached hydrogens (tertiary/aromatic N) is 3. The van der Waals surface area contributed by atoms with Crippen molar-refractivity contribution < 1.29 is 4.42 Å². The Morgan fingerprint density at radius 1 is 0.559 bits per heavy atom. The Hall–Kier alpha value is -4.28. The first-order valence-corrected chi connectivity index (χ1v) is 11.4. The number of aromatic nitrogens is 3. The molecule has 5 heteroatoms. The molecule has 7 aromatic rings. The zero-order valence-electron chi connectivity index (χ0n) is 17.9. The second kappa shape index (κ2) is 7.37. The van der Waals surface area contributed by atoms with Crippen LogP contribution in [0, 0.1) is 0 Å². The van der Waals surface area contributed by atoms with Crippen LogP contribution in [0.5, 0.6) is 0 Å². The van der Waals surface area contributed by atoms with E-state index in [9.17, 15) is 0 Å². The van der Waals surface area contributed by atoms with Gasteiger partial charge in [0.1, 0.15) is 11.2 Å². The van der Waals surface area contributed by atoms with Crippen molar-refractivity contribution >= 4 is 55.1 Å². The Morgan fingerprint density at radius 3 is 2.18 bits per heavy atom. The quantitative estimate of drug-likeness (QED) is 0.246. The molecule has 0 bridgehead atoms. The molecule has 0 atom stereocenters. The fourth-order valence-electron chi connectivity index (χ4n) is 4.70. The van der Waals surface area contributed by atoms with Crippen LogP contribution < -0.4 is 0 Å². The normalized spacial score (nSPS) is 11.7. The second-order valence-corrected chi connectivity index (χ2v) is 8.59. The van der Waals surface area contributed by atoms with E-state index in [4.69, 9.17) is 21.0 Å². The van der Waals surface area contributed by atoms with Crippen LogP contribution in [0.1, 0.15) is 0 Å². The van der Waals surface area contributed by atoms with Crippen molar-refractivity contribution in [1.82, 2.24) is 15.0 Å². The molecule has 0 saturated carbocycles. The molecule has 4 nitrogen and oxygen atoms in total. The third-order valence-corrected chi connectivity index (χ3v) is 6.43. The highest BCUT2D eigenvalue weighted by Gasteiger charge is 2.16. The van der Waals surface area contributed by atoms with E-state index in [0.29, 0.717) is 11.6 Å². The molecule has 0 aliphatic carbocycles. The maximum absolute atomic E-state index is 6.42. The molecule has 0 saturated heterocycles. The van der Waals surface area contributed by atoms with Crippen LogP contribution >= 0.6 is 11.6 Å². The summed E-state index contributed by atoms with van der Waals surface area (Å²) in [6, 6.07) is 32.8. The lowest BCUT2D eigenvalue weighted by Crippen LogP contribution is -1.97. The van der Waals surface area contributed by atoms with Gasteiger partial charge in [-0.2, -0.15) is 9.97 Å². The third kappa shape index (κ3) is 2.96. The van der Waals surface area contributed by atoms with Crippen molar-refractivity contribution in [3.05, 3.63) is 102 Å². The minimum Gasteiger partial charge on any atom is -0.456 e. The van der Waals surface area contributed by atoms with Gasteiger partial charge in [0.15, 0.2) is 11.6 Å². The number of benzene rings is 5. The number of para-hydroxylation sites is 1. The zero-order valence-corrected chi connectivity index (χ0v) is 18.6. The summed E-state index contributed by atoms with van der Waals surface area (Å²) in [6.07, 6.45) is 0. The van der Waals surface area contributed by atoms with Crippen molar-refractivity contribution in [1.29, 1.82) is 0 Å². The number of rotatable bonds is 2. The first-order chi connectivity index (χ1) is 16.7. The average Bonchev–Trinajstić information content (AvgIpc) is 3.27. The van der Waals surface area contributed by atoms with Crippen molar-refractivity contribution in [2.45, 2.75) is 0 Å². The van der Waals surface area contributed by atoms with E-state index in [-0.39, 0.29) is 5.28 Å². The number of hydrogen-bond acceptors (Lipinski definition) is 4. The summed E-state index contributed by atoms with van der Waals surface area (Å²) in [5.41, 5.74) is 3.36. The van der Waals surface area contributed by atoms with Gasteiger partial charge in [0.2, 0.25) is 5.28 Å². The third-order valence-electron chi connectivity index (χ3n) is 6.26. The molecule has 0 spiro atoms. The minimum absolute atomic E-state index is 0.155. The van der Waals surface area contributed by atoms with E-state index in [2.05, 4.69) is 58.5 Å². The van der Waals surface area contributed by atoms with Gasteiger partial charge in [-0.25, -0.2) is 4.98 Å². The Labute approximate surface area is 199 Å². The summed E-state index contributed by atoms with van der Waals surface area (Å²) >= 11 is 6.42. The number of fused-ring (bicyclic) bond motifs is 6. The molecule has 160 valence electrons. The van der Waals surface area contributed by atoms with Crippen molar-refractivity contribution in [3.63, 3.8) is 0 Å². The van der Waals surface area contributed by atoms with Gasteiger partial charge in [0, 0.05) is 21.9 Å². The van der Waals surface area contributed by atoms with Gasteiger partial charge < -0.3 is 4.42 Å². The Morgan fingerprint density at radius 2 is 1.26 bits per heavy atom. The van der Waals surface area contributed by atoms with Crippen molar-refractivity contribution in [2.24, 2.45) is 0 Å². The molecule has 0 radical (unpaired) electrons. The summed E-state index contributed by atoms with van der Waals surface area (Å²) in [6.45, 7) is 0. The Balaban J connectivity index is 1.46. The van der Waals surface area contributed by atoms with Crippen LogP contribution in [-0.2, 0) is 0 Å². The molecule has 2 aromatic heterocycles. The van der Waals surface area contributed by atoms with Gasteiger partial charge in [-0.05, 0) is 51.3 Å². The van der Waals surface area contributed by atoms with Gasteiger partial charge in [-0.1, -0.05) is 78.9 Å². The van der Waals surface area contributed by atoms with E-state index < -0.39 is 0 Å². The summed E-state index contributed by atoms with van der Waals surface area (Å²) in [4.78, 5) is 13.8. The van der Waals surface area contributed by atoms with Crippen LogP contribution in [-0.4, -0.2) is 15.0 Å². The monoisotopic (exact) mass is 457 g/mol. The fourth-order valence-corrected chi connectivity index (χ4v) is 4.86. The van der Waals surface area contributed by atoms with Crippen LogP contribution in [0.4, 0.5) is 0 Å². The molecule has 5 aromatic carbocycles. The van der Waals surface area contributed by atoms with Crippen LogP contribution in [0.2, 0.25) is 5.28 Å². The SMILES string of the molecule is Clc1nc(-c2ccc3ccc4ccccc4c3c2)nc(-c2cccc3oc4ccccc4c23)n1. The van der Waals surface area contributed by atoms with Gasteiger partial charge in [0.05, 0.1) is 0 Å². The molecule has 34 heavy (non-hydrogen) atoms. The van der Waals surface area contributed by atoms with Gasteiger partial charge in [-0.15, -0.1) is 0 Å². The fraction of sp³-hybridized carbons (Fsp3) is 0. The molecular weight excluding hydrogens is 442 g/mol. The lowest BCUT2D eigenvalue weighted by Gasteiger charge is -2.08. The van der Waals surface area contributed by atoms with E-state index in [1.807, 2.05) is 48.5 Å². The van der Waals surface area contributed by atoms with Crippen LogP contribution in [0.25, 0.3) is 66.3 Å². The van der Waals surface area contributed by atoms with Crippen LogP contribution in [0.15, 0.2) is 101 Å². The van der Waals surface area contributed by atoms with Crippen molar-refractivity contribution in [2.75, 3.05) is 0 Å². The van der Waals surface area contributed by atoms with Gasteiger partial charge >= 0.3 is 0 Å². The summed E-state index contributed by atoms with van der Waals surface area (Å²) < 4.78 is 6.04. The maximum atomic E-state index is 6.42. The molecule has 0 aliphatic rings. The molecule has 0 amide bonds. The van der Waals surface area contributed by atoms with E-state index in [1.165, 1.54) is 10.8 Å². The maximum Gasteiger partial charge on any atom is 0.226 e. The van der Waals surface area contributed by atoms with E-state index in [0.717, 1.165) is 43.8 Å². The Kier molecular flexibility index (Phi) is 4.16. The Bertz CT molecular complexity index is 1890. The zero-order chi connectivity index (χ0) is 22.6. The molecular formula is C29H16ClN3O. The highest BCUT2D eigenvalue weighted by molar-refractivity contribution is 6.28. The van der Waals surface area contributed by atoms with Crippen LogP contribution in [0.3, 0.4) is 0 Å². The lowest BCUT2D eigenvalue weighted by atomic mass is 10.00. The molecule has 0 fully saturated rings. The molecule has 0 unspecified atom stereocenters. The highest BCUT2D eigenvalue weighted by Crippen LogP contribution is 2.36. The summed E-state index contributed by atoms with van der Waals surface area (Å²) in [7, 11) is 0. The first kappa shape index (κ1) is 19.2. The lowest BCUT2D eigenvalue weighted by molar-refractivity contribution is 0.669. The smallest absolute Gasteiger partial charge is 0.226 e. The summed E-state index contributed by atoms with van der Waals surface area (Å²) in [5.74, 6) is 1.06. The minimum atomic E-state index is 0.155. The van der Waals surface area contributed by atoms with Gasteiger partial charge in [-0.3, -0.25) is 0 Å². The summed E-state index contributed by atoms with van der Waals surface area (Å²) in [5, 5.41) is 6.84. The van der Waals surface area contributed by atoms with E-state index >= 15 is 0 Å². The second-order valence-electron chi connectivity index (χ2n) is 8.25. The molecule has 2 heterocycles. The highest BCUT2D eigenvalue weighted by atomic mass is 35.5. The van der Waals surface area contributed by atoms with Crippen molar-refractivity contribution in [3.8, 4) is 22.8 Å². The molecule has 7 rings (SSSR count). The van der Waals surface area contributed by atoms with Gasteiger partial charge in [0.25, 0.3) is 0 Å². The average molecular weight is 458 g/mol. The number of hydrogen-bond donors (Lipinski definition) is 0. The topological polar surface area (TPSA) is 51.8 Å². The molecule has 0 aliphatic heterocycles. The number of halogens is 1. The number of furan rings is 1. The molecule has 0 N–H and O–H groups in total. The predicted molar refractivity (Wildman–Crippen MR) is 138 cm³/mol.